The molecule has 18 heavy (non-hydrogen) atoms. The number of aromatic nitrogens is 1. The minimum atomic E-state index is -1.19. The summed E-state index contributed by atoms with van der Waals surface area (Å²) in [4.78, 5) is 27.0. The van der Waals surface area contributed by atoms with Crippen LogP contribution in [0.1, 0.15) is 25.0 Å². The lowest BCUT2D eigenvalue weighted by atomic mass is 9.83. The van der Waals surface area contributed by atoms with Gasteiger partial charge in [0.25, 0.3) is 0 Å². The van der Waals surface area contributed by atoms with Crippen LogP contribution in [0, 0.1) is 0 Å². The first-order valence-corrected chi connectivity index (χ1v) is 6.48. The van der Waals surface area contributed by atoms with Gasteiger partial charge in [0.05, 0.1) is 5.69 Å². The van der Waals surface area contributed by atoms with E-state index in [0.29, 0.717) is 17.2 Å². The normalized spacial score (nSPS) is 23.1. The highest BCUT2D eigenvalue weighted by molar-refractivity contribution is 7.14. The molecule has 0 spiro atoms. The molecular formula is C10H13BN2O4S. The van der Waals surface area contributed by atoms with Gasteiger partial charge in [0.2, 0.25) is 0 Å². The van der Waals surface area contributed by atoms with Crippen molar-refractivity contribution in [3.63, 3.8) is 0 Å². The second-order valence-corrected chi connectivity index (χ2v) is 5.32. The van der Waals surface area contributed by atoms with Crippen molar-refractivity contribution >= 4 is 35.3 Å². The molecule has 1 aliphatic carbocycles. The molecule has 6 nitrogen and oxygen atoms in total. The van der Waals surface area contributed by atoms with Gasteiger partial charge >= 0.3 is 13.0 Å². The van der Waals surface area contributed by atoms with E-state index in [1.165, 1.54) is 11.3 Å². The van der Waals surface area contributed by atoms with E-state index in [0.717, 1.165) is 0 Å². The summed E-state index contributed by atoms with van der Waals surface area (Å²) in [5.74, 6) is -1.06. The molecule has 0 saturated heterocycles. The summed E-state index contributed by atoms with van der Waals surface area (Å²) >= 11 is 1.23. The van der Waals surface area contributed by atoms with Crippen LogP contribution in [-0.2, 0) is 15.0 Å². The molecule has 96 valence electrons. The summed E-state index contributed by atoms with van der Waals surface area (Å²) in [6.07, 6.45) is 0.572. The zero-order valence-corrected chi connectivity index (χ0v) is 10.7. The molecule has 1 aliphatic rings. The molecule has 0 amide bonds. The summed E-state index contributed by atoms with van der Waals surface area (Å²) in [5.41, 5.74) is -0.791. The zero-order chi connectivity index (χ0) is 13.3. The van der Waals surface area contributed by atoms with Crippen LogP contribution in [0.4, 0.5) is 5.13 Å². The van der Waals surface area contributed by atoms with Gasteiger partial charge in [-0.2, -0.15) is 0 Å². The highest BCUT2D eigenvalue weighted by atomic mass is 32.1. The third-order valence-corrected chi connectivity index (χ3v) is 3.84. The average molecular weight is 268 g/mol. The summed E-state index contributed by atoms with van der Waals surface area (Å²) in [5, 5.41) is 23.3. The molecule has 0 radical (unpaired) electrons. The van der Waals surface area contributed by atoms with Crippen molar-refractivity contribution in [1.29, 1.82) is 0 Å². The summed E-state index contributed by atoms with van der Waals surface area (Å²) in [6, 6.07) is 0. The second kappa shape index (κ2) is 4.70. The second-order valence-electron chi connectivity index (χ2n) is 4.46. The number of Topliss-reactive ketones (excluding diaryl/α,β-unsaturated/α-hetero) is 1. The lowest BCUT2D eigenvalue weighted by molar-refractivity contribution is -0.144. The Morgan fingerprint density at radius 3 is 2.89 bits per heavy atom. The van der Waals surface area contributed by atoms with Gasteiger partial charge < -0.3 is 15.4 Å². The van der Waals surface area contributed by atoms with E-state index in [-0.39, 0.29) is 18.6 Å². The van der Waals surface area contributed by atoms with Crippen molar-refractivity contribution in [3.8, 4) is 0 Å². The molecule has 0 bridgehead atoms. The Morgan fingerprint density at radius 1 is 1.67 bits per heavy atom. The van der Waals surface area contributed by atoms with E-state index < -0.39 is 18.4 Å². The van der Waals surface area contributed by atoms with E-state index in [1.54, 1.807) is 12.2 Å². The fourth-order valence-electron chi connectivity index (χ4n) is 2.12. The van der Waals surface area contributed by atoms with Crippen LogP contribution in [0.2, 0.25) is 6.82 Å². The van der Waals surface area contributed by atoms with E-state index in [2.05, 4.69) is 10.2 Å². The number of hydrogen-bond acceptors (Lipinski definition) is 6. The SMILES string of the molecule is CB(O)Nc1nc(C2(C(=O)O)CCC(=O)C2)cs1. The molecule has 1 aromatic heterocycles. The molecule has 1 fully saturated rings. The Morgan fingerprint density at radius 2 is 2.39 bits per heavy atom. The molecule has 3 N–H and O–H groups in total. The molecule has 1 atom stereocenters. The predicted octanol–water partition coefficient (Wildman–Crippen LogP) is 0.741. The number of nitrogens with zero attached hydrogens (tertiary/aromatic N) is 1. The van der Waals surface area contributed by atoms with Crippen LogP contribution in [0.15, 0.2) is 5.38 Å². The number of ketones is 1. The smallest absolute Gasteiger partial charge is 0.408 e. The number of anilines is 1. The van der Waals surface area contributed by atoms with Crippen LogP contribution in [0.25, 0.3) is 0 Å². The van der Waals surface area contributed by atoms with Crippen molar-refractivity contribution in [3.05, 3.63) is 11.1 Å². The quantitative estimate of drug-likeness (QED) is 0.696. The summed E-state index contributed by atoms with van der Waals surface area (Å²) in [6.45, 7) is 1.55. The van der Waals surface area contributed by atoms with Crippen LogP contribution in [-0.4, -0.2) is 33.9 Å². The van der Waals surface area contributed by atoms with Crippen LogP contribution < -0.4 is 5.23 Å². The third kappa shape index (κ3) is 2.25. The monoisotopic (exact) mass is 268 g/mol. The maximum absolute atomic E-state index is 11.4. The van der Waals surface area contributed by atoms with E-state index in [9.17, 15) is 19.7 Å². The Hall–Kier alpha value is -1.41. The van der Waals surface area contributed by atoms with Gasteiger partial charge in [0.15, 0.2) is 5.13 Å². The fraction of sp³-hybridized carbons (Fsp3) is 0.500. The number of carbonyl (C=O) groups excluding carboxylic acids is 1. The zero-order valence-electron chi connectivity index (χ0n) is 9.84. The maximum atomic E-state index is 11.4. The summed E-state index contributed by atoms with van der Waals surface area (Å²) < 4.78 is 0. The van der Waals surface area contributed by atoms with Crippen LogP contribution in [0.5, 0.6) is 0 Å². The number of rotatable bonds is 4. The summed E-state index contributed by atoms with van der Waals surface area (Å²) in [7, 11) is -0.755. The highest BCUT2D eigenvalue weighted by Gasteiger charge is 2.48. The van der Waals surface area contributed by atoms with Crippen molar-refractivity contribution in [2.24, 2.45) is 0 Å². The van der Waals surface area contributed by atoms with Crippen molar-refractivity contribution < 1.29 is 19.7 Å². The average Bonchev–Trinajstić information content (AvgIpc) is 2.84. The minimum absolute atomic E-state index is 0.000184. The van der Waals surface area contributed by atoms with Gasteiger partial charge in [-0.3, -0.25) is 9.59 Å². The first-order valence-electron chi connectivity index (χ1n) is 5.60. The first kappa shape index (κ1) is 13.0. The van der Waals surface area contributed by atoms with E-state index in [1.807, 2.05) is 0 Å². The van der Waals surface area contributed by atoms with Gasteiger partial charge in [0.1, 0.15) is 11.2 Å². The number of thiazole rings is 1. The van der Waals surface area contributed by atoms with Gasteiger partial charge in [-0.1, -0.05) is 0 Å². The molecule has 0 aromatic carbocycles. The molecule has 1 heterocycles. The van der Waals surface area contributed by atoms with Crippen LogP contribution in [0.3, 0.4) is 0 Å². The maximum Gasteiger partial charge on any atom is 0.408 e. The number of carboxylic acid groups (broad SMARTS) is 1. The topological polar surface area (TPSA) is 99.5 Å². The number of carbonyl (C=O) groups is 2. The fourth-order valence-corrected chi connectivity index (χ4v) is 3.01. The predicted molar refractivity (Wildman–Crippen MR) is 67.7 cm³/mol. The molecule has 1 aromatic rings. The largest absolute Gasteiger partial charge is 0.481 e. The molecule has 8 heteroatoms. The number of carboxylic acids is 1. The van der Waals surface area contributed by atoms with Crippen molar-refractivity contribution in [1.82, 2.24) is 4.98 Å². The third-order valence-electron chi connectivity index (χ3n) is 3.07. The number of aliphatic carboxylic acids is 1. The standard InChI is InChI=1S/C10H13BN2O4S/c1-11(17)13-9-12-7(5-18-9)10(8(15)16)3-2-6(14)4-10/h5,17H,2-4H2,1H3,(H,12,13)(H,15,16). The van der Waals surface area contributed by atoms with E-state index in [4.69, 9.17) is 0 Å². The number of hydrogen-bond donors (Lipinski definition) is 3. The Bertz CT molecular complexity index is 490. The molecule has 0 aliphatic heterocycles. The molecule has 1 unspecified atom stereocenters. The van der Waals surface area contributed by atoms with Gasteiger partial charge in [0, 0.05) is 18.2 Å². The number of nitrogens with one attached hydrogen (secondary N) is 1. The van der Waals surface area contributed by atoms with E-state index >= 15 is 0 Å². The Labute approximate surface area is 108 Å². The lowest BCUT2D eigenvalue weighted by Gasteiger charge is -2.20. The lowest BCUT2D eigenvalue weighted by Crippen LogP contribution is -2.33. The van der Waals surface area contributed by atoms with Crippen molar-refractivity contribution in [2.75, 3.05) is 5.23 Å². The molecule has 2 rings (SSSR count). The van der Waals surface area contributed by atoms with Gasteiger partial charge in [-0.15, -0.1) is 11.3 Å². The molecular weight excluding hydrogens is 255 g/mol. The first-order chi connectivity index (χ1) is 8.44. The van der Waals surface area contributed by atoms with Gasteiger partial charge in [-0.25, -0.2) is 4.98 Å². The minimum Gasteiger partial charge on any atom is -0.481 e. The van der Waals surface area contributed by atoms with Gasteiger partial charge in [-0.05, 0) is 13.2 Å². The highest BCUT2D eigenvalue weighted by Crippen LogP contribution is 2.40. The Kier molecular flexibility index (Phi) is 3.40. The Balaban J connectivity index is 2.30. The molecule has 1 saturated carbocycles. The van der Waals surface area contributed by atoms with Crippen molar-refractivity contribution in [2.45, 2.75) is 31.5 Å². The van der Waals surface area contributed by atoms with Crippen LogP contribution >= 0.6 is 11.3 Å².